The number of nitro groups is 1. The number of hydrogen-bond donors (Lipinski definition) is 1. The molecule has 0 radical (unpaired) electrons. The minimum absolute atomic E-state index is 0. The number of rotatable bonds is 3. The largest absolute Gasteiger partial charge is 0.321 e. The van der Waals surface area contributed by atoms with Crippen LogP contribution >= 0.6 is 12.4 Å². The van der Waals surface area contributed by atoms with Gasteiger partial charge in [-0.15, -0.1) is 19.0 Å². The van der Waals surface area contributed by atoms with Gasteiger partial charge in [-0.05, 0) is 12.5 Å². The Morgan fingerprint density at radius 1 is 1.60 bits per heavy atom. The molecule has 0 aliphatic rings. The van der Waals surface area contributed by atoms with Crippen molar-refractivity contribution in [2.75, 3.05) is 0 Å². The molecule has 1 atom stereocenters. The third-order valence-corrected chi connectivity index (χ3v) is 2.07. The minimum Gasteiger partial charge on any atom is -0.321 e. The normalized spacial score (nSPS) is 11.3. The number of nitrogens with two attached hydrogens (primary N) is 1. The van der Waals surface area contributed by atoms with Crippen LogP contribution in [-0.4, -0.2) is 4.92 Å². The maximum Gasteiger partial charge on any atom is 0.272 e. The molecular formula is C10H13ClN2O2. The monoisotopic (exact) mass is 228 g/mol. The highest BCUT2D eigenvalue weighted by Gasteiger charge is 2.12. The molecule has 0 saturated heterocycles. The molecular weight excluding hydrogens is 216 g/mol. The van der Waals surface area contributed by atoms with Crippen LogP contribution < -0.4 is 5.73 Å². The van der Waals surface area contributed by atoms with Gasteiger partial charge in [-0.25, -0.2) is 0 Å². The second-order valence-electron chi connectivity index (χ2n) is 3.06. The highest BCUT2D eigenvalue weighted by Crippen LogP contribution is 2.22. The van der Waals surface area contributed by atoms with E-state index in [2.05, 4.69) is 6.58 Å². The number of hydrogen-bond acceptors (Lipinski definition) is 3. The number of benzene rings is 1. The van der Waals surface area contributed by atoms with E-state index in [1.54, 1.807) is 25.1 Å². The molecule has 0 unspecified atom stereocenters. The van der Waals surface area contributed by atoms with Gasteiger partial charge in [-0.1, -0.05) is 18.2 Å². The van der Waals surface area contributed by atoms with Gasteiger partial charge >= 0.3 is 0 Å². The predicted molar refractivity (Wildman–Crippen MR) is 62.2 cm³/mol. The maximum atomic E-state index is 10.6. The van der Waals surface area contributed by atoms with E-state index in [0.717, 1.165) is 0 Å². The van der Waals surface area contributed by atoms with Crippen molar-refractivity contribution < 1.29 is 4.92 Å². The summed E-state index contributed by atoms with van der Waals surface area (Å²) in [4.78, 5) is 10.2. The van der Waals surface area contributed by atoms with Crippen molar-refractivity contribution in [1.29, 1.82) is 0 Å². The first-order chi connectivity index (χ1) is 6.56. The fraction of sp³-hybridized carbons (Fsp3) is 0.200. The highest BCUT2D eigenvalue weighted by atomic mass is 35.5. The third-order valence-electron chi connectivity index (χ3n) is 2.07. The van der Waals surface area contributed by atoms with Crippen molar-refractivity contribution >= 4 is 18.1 Å². The van der Waals surface area contributed by atoms with Crippen LogP contribution in [0.3, 0.4) is 0 Å². The Labute approximate surface area is 94.3 Å². The van der Waals surface area contributed by atoms with E-state index in [0.29, 0.717) is 11.1 Å². The van der Waals surface area contributed by atoms with E-state index >= 15 is 0 Å². The van der Waals surface area contributed by atoms with E-state index in [9.17, 15) is 10.1 Å². The van der Waals surface area contributed by atoms with E-state index < -0.39 is 4.92 Å². The van der Waals surface area contributed by atoms with Crippen molar-refractivity contribution in [2.24, 2.45) is 5.73 Å². The Kier molecular flexibility index (Phi) is 4.97. The first-order valence-electron chi connectivity index (χ1n) is 4.19. The van der Waals surface area contributed by atoms with Gasteiger partial charge in [-0.2, -0.15) is 0 Å². The zero-order valence-corrected chi connectivity index (χ0v) is 9.16. The Morgan fingerprint density at radius 2 is 2.20 bits per heavy atom. The number of aryl methyl sites for hydroxylation is 1. The lowest BCUT2D eigenvalue weighted by molar-refractivity contribution is -0.385. The summed E-state index contributed by atoms with van der Waals surface area (Å²) < 4.78 is 0. The average molecular weight is 229 g/mol. The average Bonchev–Trinajstić information content (AvgIpc) is 2.17. The molecule has 0 saturated carbocycles. The van der Waals surface area contributed by atoms with Crippen LogP contribution in [-0.2, 0) is 0 Å². The van der Waals surface area contributed by atoms with Crippen LogP contribution in [0.25, 0.3) is 0 Å². The predicted octanol–water partition coefficient (Wildman–Crippen LogP) is 2.51. The summed E-state index contributed by atoms with van der Waals surface area (Å²) in [6.45, 7) is 5.23. The molecule has 5 heteroatoms. The molecule has 4 nitrogen and oxygen atoms in total. The smallest absolute Gasteiger partial charge is 0.272 e. The molecule has 0 spiro atoms. The highest BCUT2D eigenvalue weighted by molar-refractivity contribution is 5.85. The van der Waals surface area contributed by atoms with E-state index in [4.69, 9.17) is 5.73 Å². The van der Waals surface area contributed by atoms with Crippen LogP contribution in [0, 0.1) is 17.0 Å². The van der Waals surface area contributed by atoms with Gasteiger partial charge < -0.3 is 5.73 Å². The topological polar surface area (TPSA) is 69.2 Å². The first-order valence-corrected chi connectivity index (χ1v) is 4.19. The molecule has 0 fully saturated rings. The van der Waals surface area contributed by atoms with Crippen LogP contribution in [0.4, 0.5) is 5.69 Å². The zero-order valence-electron chi connectivity index (χ0n) is 8.34. The maximum absolute atomic E-state index is 10.6. The van der Waals surface area contributed by atoms with Gasteiger partial charge in [0.25, 0.3) is 5.69 Å². The molecule has 1 aromatic carbocycles. The second-order valence-corrected chi connectivity index (χ2v) is 3.06. The van der Waals surface area contributed by atoms with Crippen LogP contribution in [0.2, 0.25) is 0 Å². The van der Waals surface area contributed by atoms with Crippen molar-refractivity contribution in [3.8, 4) is 0 Å². The Hall–Kier alpha value is -1.39. The Morgan fingerprint density at radius 3 is 2.67 bits per heavy atom. The fourth-order valence-electron chi connectivity index (χ4n) is 1.17. The van der Waals surface area contributed by atoms with Gasteiger partial charge in [-0.3, -0.25) is 10.1 Å². The summed E-state index contributed by atoms with van der Waals surface area (Å²) in [5.74, 6) is 0. The SMILES string of the molecule is C=C[C@H](N)c1ccc(C)c([N+](=O)[O-])c1.Cl. The lowest BCUT2D eigenvalue weighted by atomic mass is 10.0. The van der Waals surface area contributed by atoms with Gasteiger partial charge in [0.2, 0.25) is 0 Å². The first kappa shape index (κ1) is 13.6. The lowest BCUT2D eigenvalue weighted by Gasteiger charge is -2.06. The third kappa shape index (κ3) is 3.04. The molecule has 0 bridgehead atoms. The van der Waals surface area contributed by atoms with Crippen molar-refractivity contribution in [2.45, 2.75) is 13.0 Å². The van der Waals surface area contributed by atoms with Crippen molar-refractivity contribution in [3.63, 3.8) is 0 Å². The Bertz CT molecular complexity index is 380. The number of nitrogens with zero attached hydrogens (tertiary/aromatic N) is 1. The number of nitro benzene ring substituents is 1. The molecule has 15 heavy (non-hydrogen) atoms. The summed E-state index contributed by atoms with van der Waals surface area (Å²) >= 11 is 0. The molecule has 82 valence electrons. The molecule has 1 rings (SSSR count). The van der Waals surface area contributed by atoms with Gasteiger partial charge in [0.15, 0.2) is 0 Å². The molecule has 0 heterocycles. The standard InChI is InChI=1S/C10H12N2O2.ClH/c1-3-9(11)8-5-4-7(2)10(6-8)12(13)14;/h3-6,9H,1,11H2,2H3;1H/t9-;/m0./s1. The molecule has 0 amide bonds. The van der Waals surface area contributed by atoms with Crippen LogP contribution in [0.5, 0.6) is 0 Å². The van der Waals surface area contributed by atoms with Gasteiger partial charge in [0.1, 0.15) is 0 Å². The molecule has 0 aromatic heterocycles. The number of halogens is 1. The van der Waals surface area contributed by atoms with E-state index in [1.807, 2.05) is 0 Å². The van der Waals surface area contributed by atoms with Crippen molar-refractivity contribution in [3.05, 3.63) is 52.1 Å². The summed E-state index contributed by atoms with van der Waals surface area (Å²) in [7, 11) is 0. The summed E-state index contributed by atoms with van der Waals surface area (Å²) in [6, 6.07) is 4.60. The fourth-order valence-corrected chi connectivity index (χ4v) is 1.17. The van der Waals surface area contributed by atoms with E-state index in [1.165, 1.54) is 6.07 Å². The minimum atomic E-state index is -0.408. The second kappa shape index (κ2) is 5.48. The Balaban J connectivity index is 0.00000196. The van der Waals surface area contributed by atoms with Gasteiger partial charge in [0, 0.05) is 17.7 Å². The van der Waals surface area contributed by atoms with Gasteiger partial charge in [0.05, 0.1) is 4.92 Å². The summed E-state index contributed by atoms with van der Waals surface area (Å²) in [5, 5.41) is 10.6. The molecule has 1 aromatic rings. The summed E-state index contributed by atoms with van der Waals surface area (Å²) in [5.41, 5.74) is 7.11. The lowest BCUT2D eigenvalue weighted by Crippen LogP contribution is -2.07. The molecule has 0 aliphatic heterocycles. The molecule has 0 aliphatic carbocycles. The summed E-state index contributed by atoms with van der Waals surface area (Å²) in [6.07, 6.45) is 1.55. The quantitative estimate of drug-likeness (QED) is 0.491. The van der Waals surface area contributed by atoms with Crippen LogP contribution in [0.15, 0.2) is 30.9 Å². The zero-order chi connectivity index (χ0) is 10.7. The van der Waals surface area contributed by atoms with Crippen molar-refractivity contribution in [1.82, 2.24) is 0 Å². The molecule has 2 N–H and O–H groups in total. The van der Waals surface area contributed by atoms with E-state index in [-0.39, 0.29) is 24.1 Å². The van der Waals surface area contributed by atoms with Crippen LogP contribution in [0.1, 0.15) is 17.2 Å².